The van der Waals surface area contributed by atoms with E-state index in [1.807, 2.05) is 0 Å². The van der Waals surface area contributed by atoms with Crippen LogP contribution in [0.4, 0.5) is 0 Å². The molecule has 2 saturated heterocycles. The van der Waals surface area contributed by atoms with Crippen molar-refractivity contribution < 1.29 is 14.6 Å². The van der Waals surface area contributed by atoms with Crippen molar-refractivity contribution in [2.24, 2.45) is 0 Å². The van der Waals surface area contributed by atoms with Crippen molar-refractivity contribution in [3.8, 4) is 0 Å². The number of aliphatic hydroxyl groups excluding tert-OH is 1. The van der Waals surface area contributed by atoms with Gasteiger partial charge in [-0.1, -0.05) is 30.3 Å². The van der Waals surface area contributed by atoms with Gasteiger partial charge in [-0.3, -0.25) is 4.90 Å². The maximum absolute atomic E-state index is 10.3. The van der Waals surface area contributed by atoms with E-state index in [0.29, 0.717) is 12.6 Å². The van der Waals surface area contributed by atoms with Crippen molar-refractivity contribution in [3.05, 3.63) is 35.9 Å². The summed E-state index contributed by atoms with van der Waals surface area (Å²) in [7, 11) is 0. The highest BCUT2D eigenvalue weighted by Crippen LogP contribution is 2.22. The molecule has 2 atom stereocenters. The van der Waals surface area contributed by atoms with Gasteiger partial charge in [0.15, 0.2) is 0 Å². The number of benzene rings is 1. The Morgan fingerprint density at radius 2 is 1.96 bits per heavy atom. The first-order chi connectivity index (χ1) is 11.8. The fourth-order valence-electron chi connectivity index (χ4n) is 3.85. The Hall–Kier alpha value is -0.940. The summed E-state index contributed by atoms with van der Waals surface area (Å²) in [4.78, 5) is 2.46. The van der Waals surface area contributed by atoms with Gasteiger partial charge in [0.1, 0.15) is 0 Å². The van der Waals surface area contributed by atoms with E-state index in [-0.39, 0.29) is 12.2 Å². The number of ether oxygens (including phenoxy) is 2. The molecule has 0 aliphatic carbocycles. The summed E-state index contributed by atoms with van der Waals surface area (Å²) >= 11 is 0. The van der Waals surface area contributed by atoms with Crippen LogP contribution in [-0.4, -0.2) is 61.2 Å². The molecule has 134 valence electrons. The summed E-state index contributed by atoms with van der Waals surface area (Å²) in [5.74, 6) is 0. The molecular weight excluding hydrogens is 302 g/mol. The summed E-state index contributed by atoms with van der Waals surface area (Å²) in [6, 6.07) is 11.3. The number of hydrogen-bond acceptors (Lipinski definition) is 4. The third-order valence-electron chi connectivity index (χ3n) is 5.25. The van der Waals surface area contributed by atoms with E-state index in [1.54, 1.807) is 0 Å². The molecule has 2 unspecified atom stereocenters. The fraction of sp³-hybridized carbons (Fsp3) is 0.700. The van der Waals surface area contributed by atoms with Crippen LogP contribution in [0.2, 0.25) is 0 Å². The second-order valence-corrected chi connectivity index (χ2v) is 7.11. The summed E-state index contributed by atoms with van der Waals surface area (Å²) < 4.78 is 11.2. The van der Waals surface area contributed by atoms with Gasteiger partial charge in [0, 0.05) is 25.8 Å². The smallest absolute Gasteiger partial charge is 0.0900 e. The molecule has 2 heterocycles. The average molecular weight is 333 g/mol. The quantitative estimate of drug-likeness (QED) is 0.794. The molecule has 0 bridgehead atoms. The first kappa shape index (κ1) is 17.9. The van der Waals surface area contributed by atoms with E-state index in [0.717, 1.165) is 45.6 Å². The molecule has 0 spiro atoms. The van der Waals surface area contributed by atoms with Crippen molar-refractivity contribution in [1.82, 2.24) is 4.90 Å². The van der Waals surface area contributed by atoms with Crippen LogP contribution in [0.15, 0.2) is 30.3 Å². The minimum absolute atomic E-state index is 0.265. The normalized spacial score (nSPS) is 24.3. The van der Waals surface area contributed by atoms with Gasteiger partial charge in [-0.25, -0.2) is 0 Å². The molecule has 0 aromatic heterocycles. The molecule has 24 heavy (non-hydrogen) atoms. The third-order valence-corrected chi connectivity index (χ3v) is 5.25. The van der Waals surface area contributed by atoms with Crippen LogP contribution in [0.25, 0.3) is 0 Å². The highest BCUT2D eigenvalue weighted by Gasteiger charge is 2.26. The Labute approximate surface area is 145 Å². The molecule has 1 N–H and O–H groups in total. The minimum Gasteiger partial charge on any atom is -0.389 e. The van der Waals surface area contributed by atoms with Crippen LogP contribution >= 0.6 is 0 Å². The molecule has 3 rings (SSSR count). The third kappa shape index (κ3) is 5.55. The van der Waals surface area contributed by atoms with E-state index in [4.69, 9.17) is 9.47 Å². The molecule has 4 nitrogen and oxygen atoms in total. The second-order valence-electron chi connectivity index (χ2n) is 7.11. The van der Waals surface area contributed by atoms with Crippen LogP contribution in [0, 0.1) is 0 Å². The lowest BCUT2D eigenvalue weighted by Gasteiger charge is -2.28. The van der Waals surface area contributed by atoms with Crippen LogP contribution in [0.1, 0.15) is 37.7 Å². The van der Waals surface area contributed by atoms with Crippen LogP contribution in [-0.2, 0) is 15.9 Å². The molecule has 1 aromatic rings. The van der Waals surface area contributed by atoms with Crippen LogP contribution in [0.5, 0.6) is 0 Å². The van der Waals surface area contributed by atoms with Gasteiger partial charge in [0.25, 0.3) is 0 Å². The molecule has 2 aliphatic heterocycles. The van der Waals surface area contributed by atoms with Gasteiger partial charge in [0.2, 0.25) is 0 Å². The summed E-state index contributed by atoms with van der Waals surface area (Å²) in [6.45, 7) is 3.87. The lowest BCUT2D eigenvalue weighted by Crippen LogP contribution is -2.39. The van der Waals surface area contributed by atoms with E-state index < -0.39 is 0 Å². The maximum atomic E-state index is 10.3. The Balaban J connectivity index is 1.38. The zero-order valence-corrected chi connectivity index (χ0v) is 14.6. The van der Waals surface area contributed by atoms with Crippen LogP contribution in [0.3, 0.4) is 0 Å². The molecular formula is C20H31NO3. The Morgan fingerprint density at radius 1 is 1.17 bits per heavy atom. The van der Waals surface area contributed by atoms with Crippen molar-refractivity contribution >= 4 is 0 Å². The first-order valence-electron chi connectivity index (χ1n) is 9.46. The molecule has 1 aromatic carbocycles. The first-order valence-corrected chi connectivity index (χ1v) is 9.46. The average Bonchev–Trinajstić information content (AvgIpc) is 3.07. The fourth-order valence-corrected chi connectivity index (χ4v) is 3.85. The number of hydrogen-bond donors (Lipinski definition) is 1. The van der Waals surface area contributed by atoms with Gasteiger partial charge < -0.3 is 14.6 Å². The zero-order valence-electron chi connectivity index (χ0n) is 14.6. The summed E-state index contributed by atoms with van der Waals surface area (Å²) in [5, 5.41) is 10.3. The molecule has 2 fully saturated rings. The number of aryl methyl sites for hydroxylation is 1. The van der Waals surface area contributed by atoms with Gasteiger partial charge in [-0.2, -0.15) is 0 Å². The largest absolute Gasteiger partial charge is 0.389 e. The molecule has 0 amide bonds. The minimum atomic E-state index is -0.384. The number of rotatable bonds is 8. The van der Waals surface area contributed by atoms with E-state index in [1.165, 1.54) is 24.8 Å². The SMILES string of the molecule is OC(COC1CCOCC1)CN1CCCC1CCc1ccccc1. The zero-order chi connectivity index (χ0) is 16.6. The second kappa shape index (κ2) is 9.52. The van der Waals surface area contributed by atoms with Crippen molar-refractivity contribution in [3.63, 3.8) is 0 Å². The Morgan fingerprint density at radius 3 is 2.75 bits per heavy atom. The number of likely N-dealkylation sites (tertiary alicyclic amines) is 1. The highest BCUT2D eigenvalue weighted by atomic mass is 16.5. The summed E-state index contributed by atoms with van der Waals surface area (Å²) in [6.07, 6.45) is 6.58. The van der Waals surface area contributed by atoms with Gasteiger partial charge in [-0.15, -0.1) is 0 Å². The Bertz CT molecular complexity index is 461. The molecule has 0 saturated carbocycles. The number of nitrogens with zero attached hydrogens (tertiary/aromatic N) is 1. The van der Waals surface area contributed by atoms with Gasteiger partial charge in [-0.05, 0) is 50.6 Å². The molecule has 2 aliphatic rings. The summed E-state index contributed by atoms with van der Waals surface area (Å²) in [5.41, 5.74) is 1.41. The Kier molecular flexibility index (Phi) is 7.09. The van der Waals surface area contributed by atoms with Gasteiger partial charge in [0.05, 0.1) is 18.8 Å². The number of aliphatic hydroxyl groups is 1. The van der Waals surface area contributed by atoms with E-state index in [9.17, 15) is 5.11 Å². The van der Waals surface area contributed by atoms with Crippen molar-refractivity contribution in [2.45, 2.75) is 56.8 Å². The van der Waals surface area contributed by atoms with E-state index in [2.05, 4.69) is 35.2 Å². The predicted molar refractivity (Wildman–Crippen MR) is 95.2 cm³/mol. The predicted octanol–water partition coefficient (Wildman–Crippen LogP) is 2.64. The topological polar surface area (TPSA) is 41.9 Å². The maximum Gasteiger partial charge on any atom is 0.0900 e. The highest BCUT2D eigenvalue weighted by molar-refractivity contribution is 5.14. The lowest BCUT2D eigenvalue weighted by molar-refractivity contribution is -0.0647. The standard InChI is InChI=1S/C20H31NO3/c22-19(16-24-20-10-13-23-14-11-20)15-21-12-4-7-18(21)9-8-17-5-2-1-3-6-17/h1-3,5-6,18-20,22H,4,7-16H2. The van der Waals surface area contributed by atoms with Crippen molar-refractivity contribution in [1.29, 1.82) is 0 Å². The lowest BCUT2D eigenvalue weighted by atomic mass is 10.0. The molecule has 4 heteroatoms. The molecule has 0 radical (unpaired) electrons. The van der Waals surface area contributed by atoms with Crippen molar-refractivity contribution in [2.75, 3.05) is 32.9 Å². The van der Waals surface area contributed by atoms with E-state index >= 15 is 0 Å². The monoisotopic (exact) mass is 333 g/mol. The van der Waals surface area contributed by atoms with Gasteiger partial charge >= 0.3 is 0 Å². The van der Waals surface area contributed by atoms with Crippen LogP contribution < -0.4 is 0 Å². The number of β-amino-alcohol motifs (C(OH)–C–C–N with tert-alkyl or cyclic N) is 1.